The van der Waals surface area contributed by atoms with Crippen LogP contribution in [0.4, 0.5) is 0 Å². The van der Waals surface area contributed by atoms with E-state index in [9.17, 15) is 4.79 Å². The smallest absolute Gasteiger partial charge is 0.230 e. The first kappa shape index (κ1) is 22.0. The second-order valence-electron chi connectivity index (χ2n) is 6.22. The molecule has 1 atom stereocenters. The number of carbonyl (C=O) groups is 1. The van der Waals surface area contributed by atoms with Crippen LogP contribution in [-0.2, 0) is 10.5 Å². The van der Waals surface area contributed by atoms with Gasteiger partial charge in [0.25, 0.3) is 0 Å². The van der Waals surface area contributed by atoms with Gasteiger partial charge in [0.2, 0.25) is 5.91 Å². The van der Waals surface area contributed by atoms with Crippen LogP contribution in [0.2, 0.25) is 0 Å². The zero-order valence-electron chi connectivity index (χ0n) is 16.1. The average Bonchev–Trinajstić information content (AvgIpc) is 3.13. The SMILES string of the molecule is CCCCCC(C)NC(=O)CSc1nnc(SCc2ccc(OC)cc2)s1. The molecule has 0 fully saturated rings. The van der Waals surface area contributed by atoms with Gasteiger partial charge in [-0.3, -0.25) is 4.79 Å². The number of ether oxygens (including phenoxy) is 1. The topological polar surface area (TPSA) is 64.1 Å². The number of rotatable bonds is 12. The van der Waals surface area contributed by atoms with E-state index >= 15 is 0 Å². The van der Waals surface area contributed by atoms with E-state index in [2.05, 4.69) is 41.5 Å². The van der Waals surface area contributed by atoms with Gasteiger partial charge >= 0.3 is 0 Å². The highest BCUT2D eigenvalue weighted by Crippen LogP contribution is 2.30. The van der Waals surface area contributed by atoms with Crippen molar-refractivity contribution in [2.45, 2.75) is 60.0 Å². The first-order valence-electron chi connectivity index (χ1n) is 9.12. The maximum Gasteiger partial charge on any atom is 0.230 e. The minimum absolute atomic E-state index is 0.0617. The van der Waals surface area contributed by atoms with E-state index in [4.69, 9.17) is 4.74 Å². The van der Waals surface area contributed by atoms with Crippen LogP contribution in [0.5, 0.6) is 5.75 Å². The summed E-state index contributed by atoms with van der Waals surface area (Å²) in [5, 5.41) is 11.4. The van der Waals surface area contributed by atoms with E-state index in [0.29, 0.717) is 5.75 Å². The molecule has 1 aromatic heterocycles. The van der Waals surface area contributed by atoms with Gasteiger partial charge in [0, 0.05) is 11.8 Å². The van der Waals surface area contributed by atoms with Crippen molar-refractivity contribution in [1.29, 1.82) is 0 Å². The highest BCUT2D eigenvalue weighted by atomic mass is 32.2. The average molecular weight is 426 g/mol. The molecule has 1 N–H and O–H groups in total. The summed E-state index contributed by atoms with van der Waals surface area (Å²) >= 11 is 4.64. The van der Waals surface area contributed by atoms with Crippen LogP contribution in [0.25, 0.3) is 0 Å². The van der Waals surface area contributed by atoms with Crippen LogP contribution in [0, 0.1) is 0 Å². The van der Waals surface area contributed by atoms with Crippen LogP contribution in [-0.4, -0.2) is 35.0 Å². The van der Waals surface area contributed by atoms with E-state index in [1.807, 2.05) is 12.1 Å². The van der Waals surface area contributed by atoms with Crippen LogP contribution in [0.1, 0.15) is 45.1 Å². The van der Waals surface area contributed by atoms with Crippen molar-refractivity contribution in [3.8, 4) is 5.75 Å². The minimum Gasteiger partial charge on any atom is -0.497 e. The molecule has 0 saturated carbocycles. The molecule has 0 spiro atoms. The maximum atomic E-state index is 12.0. The van der Waals surface area contributed by atoms with Crippen LogP contribution >= 0.6 is 34.9 Å². The number of methoxy groups -OCH3 is 1. The third kappa shape index (κ3) is 8.53. The highest BCUT2D eigenvalue weighted by Gasteiger charge is 2.11. The lowest BCUT2D eigenvalue weighted by molar-refractivity contribution is -0.119. The van der Waals surface area contributed by atoms with Crippen molar-refractivity contribution in [1.82, 2.24) is 15.5 Å². The fourth-order valence-corrected chi connectivity index (χ4v) is 5.18. The van der Waals surface area contributed by atoms with Crippen molar-refractivity contribution in [3.63, 3.8) is 0 Å². The molecule has 1 amide bonds. The van der Waals surface area contributed by atoms with Crippen molar-refractivity contribution in [2.24, 2.45) is 0 Å². The predicted octanol–water partition coefficient (Wildman–Crippen LogP) is 5.02. The third-order valence-corrected chi connectivity index (χ3v) is 7.15. The zero-order valence-corrected chi connectivity index (χ0v) is 18.5. The van der Waals surface area contributed by atoms with Crippen LogP contribution < -0.4 is 10.1 Å². The Labute approximate surface area is 174 Å². The fraction of sp³-hybridized carbons (Fsp3) is 0.526. The number of amides is 1. The Morgan fingerprint density at radius 3 is 2.56 bits per heavy atom. The summed E-state index contributed by atoms with van der Waals surface area (Å²) in [5.41, 5.74) is 1.21. The Bertz CT molecular complexity index is 692. The largest absolute Gasteiger partial charge is 0.497 e. The Morgan fingerprint density at radius 1 is 1.19 bits per heavy atom. The number of hydrogen-bond donors (Lipinski definition) is 1. The summed E-state index contributed by atoms with van der Waals surface area (Å²) in [4.78, 5) is 12.0. The number of unbranched alkanes of at least 4 members (excludes halogenated alkanes) is 2. The van der Waals surface area contributed by atoms with Gasteiger partial charge in [0.05, 0.1) is 12.9 Å². The summed E-state index contributed by atoms with van der Waals surface area (Å²) in [7, 11) is 1.66. The molecule has 5 nitrogen and oxygen atoms in total. The Balaban J connectivity index is 1.69. The monoisotopic (exact) mass is 425 g/mol. The Morgan fingerprint density at radius 2 is 1.89 bits per heavy atom. The molecule has 0 bridgehead atoms. The van der Waals surface area contributed by atoms with Gasteiger partial charge in [-0.25, -0.2) is 0 Å². The van der Waals surface area contributed by atoms with Crippen LogP contribution in [0.3, 0.4) is 0 Å². The molecule has 0 aliphatic heterocycles. The van der Waals surface area contributed by atoms with Crippen molar-refractivity contribution < 1.29 is 9.53 Å². The van der Waals surface area contributed by atoms with E-state index in [1.165, 1.54) is 41.5 Å². The van der Waals surface area contributed by atoms with Gasteiger partial charge in [0.15, 0.2) is 8.68 Å². The quantitative estimate of drug-likeness (QED) is 0.381. The summed E-state index contributed by atoms with van der Waals surface area (Å²) < 4.78 is 6.92. The molecule has 1 heterocycles. The lowest BCUT2D eigenvalue weighted by atomic mass is 10.1. The number of benzene rings is 1. The molecule has 0 aliphatic rings. The van der Waals surface area contributed by atoms with Gasteiger partial charge in [-0.15, -0.1) is 10.2 Å². The van der Waals surface area contributed by atoms with Gasteiger partial charge < -0.3 is 10.1 Å². The van der Waals surface area contributed by atoms with E-state index in [1.54, 1.807) is 18.9 Å². The van der Waals surface area contributed by atoms with Gasteiger partial charge in [-0.05, 0) is 31.0 Å². The Kier molecular flexibility index (Phi) is 10.0. The molecule has 1 unspecified atom stereocenters. The Hall–Kier alpha value is -1.25. The first-order chi connectivity index (χ1) is 13.1. The molecule has 0 saturated heterocycles. The number of thioether (sulfide) groups is 2. The first-order valence-corrected chi connectivity index (χ1v) is 11.9. The molecular formula is C19H27N3O2S3. The molecule has 0 aliphatic carbocycles. The van der Waals surface area contributed by atoms with Crippen LogP contribution in [0.15, 0.2) is 32.9 Å². The van der Waals surface area contributed by atoms with Gasteiger partial charge in [-0.1, -0.05) is 73.2 Å². The van der Waals surface area contributed by atoms with E-state index in [0.717, 1.165) is 33.0 Å². The van der Waals surface area contributed by atoms with Crippen molar-refractivity contribution in [2.75, 3.05) is 12.9 Å². The standard InChI is InChI=1S/C19H27N3O2S3/c1-4-5-6-7-14(2)20-17(23)13-26-19-22-21-18(27-19)25-12-15-8-10-16(24-3)11-9-15/h8-11,14H,4-7,12-13H2,1-3H3,(H,20,23). The molecule has 2 aromatic rings. The normalized spacial score (nSPS) is 12.0. The molecule has 148 valence electrons. The molecule has 0 radical (unpaired) electrons. The highest BCUT2D eigenvalue weighted by molar-refractivity contribution is 8.03. The number of aromatic nitrogens is 2. The second kappa shape index (κ2) is 12.3. The molecule has 2 rings (SSSR count). The molecule has 8 heteroatoms. The summed E-state index contributed by atoms with van der Waals surface area (Å²) in [6, 6.07) is 8.25. The number of nitrogens with one attached hydrogen (secondary N) is 1. The van der Waals surface area contributed by atoms with Gasteiger partial charge in [-0.2, -0.15) is 0 Å². The third-order valence-electron chi connectivity index (χ3n) is 3.88. The zero-order chi connectivity index (χ0) is 19.5. The minimum atomic E-state index is 0.0617. The number of carbonyl (C=O) groups excluding carboxylic acids is 1. The summed E-state index contributed by atoms with van der Waals surface area (Å²) in [6.45, 7) is 4.25. The maximum absolute atomic E-state index is 12.0. The molecule has 27 heavy (non-hydrogen) atoms. The van der Waals surface area contributed by atoms with E-state index in [-0.39, 0.29) is 11.9 Å². The van der Waals surface area contributed by atoms with E-state index < -0.39 is 0 Å². The lowest BCUT2D eigenvalue weighted by Crippen LogP contribution is -2.33. The number of nitrogens with zero attached hydrogens (tertiary/aromatic N) is 2. The number of hydrogen-bond acceptors (Lipinski definition) is 7. The van der Waals surface area contributed by atoms with Crippen molar-refractivity contribution >= 4 is 40.8 Å². The fourth-order valence-electron chi connectivity index (χ4n) is 2.40. The van der Waals surface area contributed by atoms with Crippen molar-refractivity contribution in [3.05, 3.63) is 29.8 Å². The summed E-state index contributed by atoms with van der Waals surface area (Å²) in [6.07, 6.45) is 4.62. The predicted molar refractivity (Wildman–Crippen MR) is 115 cm³/mol. The second-order valence-corrected chi connectivity index (χ2v) is 9.65. The summed E-state index contributed by atoms with van der Waals surface area (Å²) in [5.74, 6) is 2.14. The van der Waals surface area contributed by atoms with Gasteiger partial charge in [0.1, 0.15) is 5.75 Å². The molecule has 1 aromatic carbocycles. The molecular weight excluding hydrogens is 398 g/mol. The lowest BCUT2D eigenvalue weighted by Gasteiger charge is -2.12.